The van der Waals surface area contributed by atoms with Crippen molar-refractivity contribution in [2.24, 2.45) is 0 Å². The van der Waals surface area contributed by atoms with Crippen molar-refractivity contribution in [2.75, 3.05) is 37.1 Å². The normalized spacial score (nSPS) is 18.1. The summed E-state index contributed by atoms with van der Waals surface area (Å²) in [6.07, 6.45) is 0. The first-order valence-electron chi connectivity index (χ1n) is 9.63. The fourth-order valence-electron chi connectivity index (χ4n) is 3.76. The molecule has 0 aliphatic carbocycles. The number of nitrogen functional groups attached to an aromatic ring is 1. The van der Waals surface area contributed by atoms with Gasteiger partial charge < -0.3 is 30.3 Å². The summed E-state index contributed by atoms with van der Waals surface area (Å²) < 4.78 is 10.7. The van der Waals surface area contributed by atoms with E-state index in [0.29, 0.717) is 31.9 Å². The number of nitrogens with two attached hydrogens (primary N) is 1. The monoisotopic (exact) mass is 427 g/mol. The lowest BCUT2D eigenvalue weighted by atomic mass is 10.2. The second-order valence-corrected chi connectivity index (χ2v) is 8.08. The van der Waals surface area contributed by atoms with Gasteiger partial charge in [-0.05, 0) is 24.6 Å². The molecular weight excluding hydrogens is 406 g/mol. The number of benzene rings is 1. The Hall–Kier alpha value is -3.34. The van der Waals surface area contributed by atoms with Gasteiger partial charge in [0.1, 0.15) is 5.52 Å². The summed E-state index contributed by atoms with van der Waals surface area (Å²) in [5.41, 5.74) is 9.33. The summed E-state index contributed by atoms with van der Waals surface area (Å²) >= 11 is 1.44. The fourth-order valence-corrected chi connectivity index (χ4v) is 4.42. The number of nitrogens with zero attached hydrogens (tertiary/aromatic N) is 5. The molecule has 1 atom stereocenters. The van der Waals surface area contributed by atoms with Gasteiger partial charge in [0, 0.05) is 32.2 Å². The summed E-state index contributed by atoms with van der Waals surface area (Å²) in [4.78, 5) is 30.5. The van der Waals surface area contributed by atoms with Crippen molar-refractivity contribution in [3.63, 3.8) is 0 Å². The number of hydrogen-bond donors (Lipinski definition) is 2. The molecule has 3 aromatic rings. The number of rotatable bonds is 3. The van der Waals surface area contributed by atoms with Crippen LogP contribution in [0.5, 0.6) is 11.5 Å². The van der Waals surface area contributed by atoms with Crippen LogP contribution in [0.2, 0.25) is 0 Å². The molecule has 2 amide bonds. The lowest BCUT2D eigenvalue weighted by Gasteiger charge is -2.40. The fraction of sp³-hybridized carbons (Fsp3) is 0.368. The van der Waals surface area contributed by atoms with Gasteiger partial charge in [-0.1, -0.05) is 6.07 Å². The standard InChI is InChI=1S/C19H21N7O3S/c1-11-8-25(19(27)21-7-12-2-3-13-14(6-12)29-10-28-13)4-5-26(11)16-15-17(30-9-22-15)24-18(20)23-16/h2-3,6,9,11H,4-5,7-8,10H2,1H3,(H,21,27)(H2,20,23,24)/t11-/m0/s1. The molecule has 1 saturated heterocycles. The maximum atomic E-state index is 12.7. The van der Waals surface area contributed by atoms with Crippen molar-refractivity contribution in [1.82, 2.24) is 25.2 Å². The van der Waals surface area contributed by atoms with Crippen LogP contribution < -0.4 is 25.4 Å². The largest absolute Gasteiger partial charge is 0.454 e. The van der Waals surface area contributed by atoms with E-state index in [2.05, 4.69) is 32.1 Å². The van der Waals surface area contributed by atoms with E-state index >= 15 is 0 Å². The van der Waals surface area contributed by atoms with Gasteiger partial charge in [-0.25, -0.2) is 14.8 Å². The molecule has 10 nitrogen and oxygen atoms in total. The summed E-state index contributed by atoms with van der Waals surface area (Å²) in [6, 6.07) is 5.64. The summed E-state index contributed by atoms with van der Waals surface area (Å²) in [5.74, 6) is 2.40. The number of anilines is 2. The number of aromatic nitrogens is 3. The first-order chi connectivity index (χ1) is 14.6. The average Bonchev–Trinajstić information content (AvgIpc) is 3.40. The van der Waals surface area contributed by atoms with Crippen LogP contribution in [-0.2, 0) is 6.54 Å². The van der Waals surface area contributed by atoms with Crippen LogP contribution in [-0.4, -0.2) is 58.4 Å². The molecule has 1 aromatic carbocycles. The van der Waals surface area contributed by atoms with E-state index in [1.54, 1.807) is 5.51 Å². The Balaban J connectivity index is 1.23. The minimum Gasteiger partial charge on any atom is -0.454 e. The molecule has 0 unspecified atom stereocenters. The van der Waals surface area contributed by atoms with Crippen LogP contribution in [0, 0.1) is 0 Å². The maximum Gasteiger partial charge on any atom is 0.317 e. The Morgan fingerprint density at radius 2 is 2.17 bits per heavy atom. The summed E-state index contributed by atoms with van der Waals surface area (Å²) in [5, 5.41) is 2.99. The molecule has 2 aliphatic rings. The first kappa shape index (κ1) is 18.7. The van der Waals surface area contributed by atoms with Crippen molar-refractivity contribution in [3.05, 3.63) is 29.3 Å². The highest BCUT2D eigenvalue weighted by Crippen LogP contribution is 2.32. The molecule has 11 heteroatoms. The number of carbonyl (C=O) groups excluding carboxylic acids is 1. The van der Waals surface area contributed by atoms with E-state index < -0.39 is 0 Å². The van der Waals surface area contributed by atoms with Gasteiger partial charge in [-0.2, -0.15) is 4.98 Å². The van der Waals surface area contributed by atoms with Gasteiger partial charge in [0.25, 0.3) is 0 Å². The number of ether oxygens (including phenoxy) is 2. The van der Waals surface area contributed by atoms with E-state index in [1.807, 2.05) is 23.1 Å². The van der Waals surface area contributed by atoms with Crippen LogP contribution in [0.4, 0.5) is 16.6 Å². The smallest absolute Gasteiger partial charge is 0.317 e. The Morgan fingerprint density at radius 1 is 1.30 bits per heavy atom. The highest BCUT2D eigenvalue weighted by atomic mass is 32.1. The molecule has 30 heavy (non-hydrogen) atoms. The molecule has 156 valence electrons. The van der Waals surface area contributed by atoms with Crippen molar-refractivity contribution in [2.45, 2.75) is 19.5 Å². The quantitative estimate of drug-likeness (QED) is 0.650. The van der Waals surface area contributed by atoms with Crippen molar-refractivity contribution < 1.29 is 14.3 Å². The predicted molar refractivity (Wildman–Crippen MR) is 113 cm³/mol. The number of amides is 2. The second-order valence-electron chi connectivity index (χ2n) is 7.25. The van der Waals surface area contributed by atoms with Gasteiger partial charge in [-0.3, -0.25) is 0 Å². The Bertz CT molecular complexity index is 1100. The molecule has 2 aliphatic heterocycles. The highest BCUT2D eigenvalue weighted by molar-refractivity contribution is 7.16. The minimum atomic E-state index is -0.0971. The molecule has 4 heterocycles. The van der Waals surface area contributed by atoms with Gasteiger partial charge in [0.05, 0.1) is 5.51 Å². The third-order valence-corrected chi connectivity index (χ3v) is 5.98. The number of hydrogen-bond acceptors (Lipinski definition) is 9. The van der Waals surface area contributed by atoms with Gasteiger partial charge >= 0.3 is 6.03 Å². The number of fused-ring (bicyclic) bond motifs is 2. The van der Waals surface area contributed by atoms with E-state index in [0.717, 1.165) is 27.5 Å². The van der Waals surface area contributed by atoms with Crippen LogP contribution in [0.25, 0.3) is 10.3 Å². The molecule has 1 fully saturated rings. The zero-order valence-electron chi connectivity index (χ0n) is 16.4. The van der Waals surface area contributed by atoms with Gasteiger partial charge in [0.15, 0.2) is 22.1 Å². The van der Waals surface area contributed by atoms with E-state index in [4.69, 9.17) is 15.2 Å². The van der Waals surface area contributed by atoms with E-state index in [-0.39, 0.29) is 24.8 Å². The predicted octanol–water partition coefficient (Wildman–Crippen LogP) is 1.82. The molecule has 5 rings (SSSR count). The van der Waals surface area contributed by atoms with Crippen molar-refractivity contribution in [3.8, 4) is 11.5 Å². The molecule has 0 saturated carbocycles. The lowest BCUT2D eigenvalue weighted by molar-refractivity contribution is 0.174. The zero-order chi connectivity index (χ0) is 20.7. The Kier molecular flexibility index (Phi) is 4.66. The Labute approximate surface area is 176 Å². The van der Waals surface area contributed by atoms with Crippen LogP contribution in [0.15, 0.2) is 23.7 Å². The summed E-state index contributed by atoms with van der Waals surface area (Å²) in [7, 11) is 0. The number of urea groups is 1. The van der Waals surface area contributed by atoms with Crippen LogP contribution >= 0.6 is 11.3 Å². The van der Waals surface area contributed by atoms with E-state index in [1.165, 1.54) is 11.3 Å². The summed E-state index contributed by atoms with van der Waals surface area (Å²) in [6.45, 7) is 4.51. The number of thiazole rings is 1. The maximum absolute atomic E-state index is 12.7. The number of piperazine rings is 1. The van der Waals surface area contributed by atoms with Gasteiger partial charge in [-0.15, -0.1) is 11.3 Å². The van der Waals surface area contributed by atoms with Gasteiger partial charge in [0.2, 0.25) is 12.7 Å². The molecule has 0 radical (unpaired) electrons. The lowest BCUT2D eigenvalue weighted by Crippen LogP contribution is -2.56. The topological polar surface area (TPSA) is 119 Å². The number of carbonyl (C=O) groups is 1. The Morgan fingerprint density at radius 3 is 3.03 bits per heavy atom. The van der Waals surface area contributed by atoms with E-state index in [9.17, 15) is 4.79 Å². The van der Waals surface area contributed by atoms with Crippen molar-refractivity contribution >= 4 is 39.5 Å². The van der Waals surface area contributed by atoms with Crippen LogP contribution in [0.1, 0.15) is 12.5 Å². The molecular formula is C19H21N7O3S. The van der Waals surface area contributed by atoms with Crippen molar-refractivity contribution in [1.29, 1.82) is 0 Å². The zero-order valence-corrected chi connectivity index (χ0v) is 17.2. The molecule has 0 bridgehead atoms. The minimum absolute atomic E-state index is 0.0641. The molecule has 2 aromatic heterocycles. The SMILES string of the molecule is C[C@H]1CN(C(=O)NCc2ccc3c(c2)OCO3)CCN1c1nc(N)nc2scnc12. The average molecular weight is 427 g/mol. The highest BCUT2D eigenvalue weighted by Gasteiger charge is 2.29. The first-order valence-corrected chi connectivity index (χ1v) is 10.5. The second kappa shape index (κ2) is 7.48. The third kappa shape index (κ3) is 3.41. The van der Waals surface area contributed by atoms with Crippen LogP contribution in [0.3, 0.4) is 0 Å². The number of nitrogens with one attached hydrogen (secondary N) is 1. The molecule has 3 N–H and O–H groups in total. The third-order valence-electron chi connectivity index (χ3n) is 5.26. The molecule has 0 spiro atoms.